The van der Waals surface area contributed by atoms with Gasteiger partial charge in [0.15, 0.2) is 5.75 Å². The number of nitrogens with two attached hydrogens (primary N) is 2. The van der Waals surface area contributed by atoms with Gasteiger partial charge in [-0.1, -0.05) is 6.92 Å². The minimum atomic E-state index is -0.544. The Hall–Kier alpha value is -2.24. The fourth-order valence-corrected chi connectivity index (χ4v) is 2.04. The number of aromatic nitrogens is 2. The molecule has 1 aromatic heterocycles. The Kier molecular flexibility index (Phi) is 3.10. The maximum absolute atomic E-state index is 11.3. The highest BCUT2D eigenvalue weighted by Gasteiger charge is 2.17. The van der Waals surface area contributed by atoms with Crippen LogP contribution in [-0.2, 0) is 6.54 Å². The van der Waals surface area contributed by atoms with Gasteiger partial charge >= 0.3 is 0 Å². The van der Waals surface area contributed by atoms with Crippen LogP contribution in [0.4, 0.5) is 5.95 Å². The van der Waals surface area contributed by atoms with E-state index in [1.54, 1.807) is 12.1 Å². The van der Waals surface area contributed by atoms with E-state index in [1.807, 2.05) is 4.57 Å². The van der Waals surface area contributed by atoms with E-state index in [9.17, 15) is 4.79 Å². The smallest absolute Gasteiger partial charge is 0.252 e. The summed E-state index contributed by atoms with van der Waals surface area (Å²) in [6, 6.07) is 3.42. The Bertz CT molecular complexity index is 604. The molecule has 1 amide bonds. The third kappa shape index (κ3) is 1.75. The van der Waals surface area contributed by atoms with Crippen molar-refractivity contribution in [2.24, 2.45) is 5.73 Å². The van der Waals surface area contributed by atoms with Crippen molar-refractivity contribution in [1.82, 2.24) is 9.55 Å². The predicted molar refractivity (Wildman–Crippen MR) is 69.5 cm³/mol. The standard InChI is InChI=1S/C12H16N4O2/c1-3-6-16-8-5-4-7(11(13)17)10(18-2)9(8)15-12(16)14/h4-5H,3,6H2,1-2H3,(H2,13,17)(H2,14,15). The maximum Gasteiger partial charge on any atom is 0.252 e. The van der Waals surface area contributed by atoms with Crippen LogP contribution in [0.25, 0.3) is 11.0 Å². The Morgan fingerprint density at radius 1 is 1.50 bits per heavy atom. The number of hydrogen-bond acceptors (Lipinski definition) is 4. The molecule has 0 spiro atoms. The zero-order chi connectivity index (χ0) is 13.3. The van der Waals surface area contributed by atoms with Gasteiger partial charge in [-0.25, -0.2) is 4.98 Å². The van der Waals surface area contributed by atoms with Crippen molar-refractivity contribution in [2.45, 2.75) is 19.9 Å². The molecular weight excluding hydrogens is 232 g/mol. The van der Waals surface area contributed by atoms with E-state index in [4.69, 9.17) is 16.2 Å². The molecule has 2 aromatic rings. The molecule has 96 valence electrons. The highest BCUT2D eigenvalue weighted by Crippen LogP contribution is 2.30. The van der Waals surface area contributed by atoms with Gasteiger partial charge in [0.25, 0.3) is 5.91 Å². The number of hydrogen-bond donors (Lipinski definition) is 2. The Labute approximate surface area is 105 Å². The highest BCUT2D eigenvalue weighted by molar-refractivity contribution is 6.01. The van der Waals surface area contributed by atoms with Crippen molar-refractivity contribution < 1.29 is 9.53 Å². The first-order valence-corrected chi connectivity index (χ1v) is 5.72. The Morgan fingerprint density at radius 3 is 2.78 bits per heavy atom. The summed E-state index contributed by atoms with van der Waals surface area (Å²) in [7, 11) is 1.48. The normalized spacial score (nSPS) is 10.8. The number of rotatable bonds is 4. The number of amides is 1. The van der Waals surface area contributed by atoms with Gasteiger partial charge < -0.3 is 20.8 Å². The number of nitrogens with zero attached hydrogens (tertiary/aromatic N) is 2. The van der Waals surface area contributed by atoms with Crippen LogP contribution in [0.1, 0.15) is 23.7 Å². The van der Waals surface area contributed by atoms with Crippen molar-refractivity contribution in [2.75, 3.05) is 12.8 Å². The number of imidazole rings is 1. The zero-order valence-electron chi connectivity index (χ0n) is 10.4. The molecule has 0 saturated carbocycles. The van der Waals surface area contributed by atoms with E-state index in [-0.39, 0.29) is 0 Å². The average molecular weight is 248 g/mol. The van der Waals surface area contributed by atoms with Crippen LogP contribution >= 0.6 is 0 Å². The number of methoxy groups -OCH3 is 1. The zero-order valence-corrected chi connectivity index (χ0v) is 10.4. The third-order valence-corrected chi connectivity index (χ3v) is 2.82. The van der Waals surface area contributed by atoms with Gasteiger partial charge in [-0.05, 0) is 18.6 Å². The summed E-state index contributed by atoms with van der Waals surface area (Å²) in [5, 5.41) is 0. The lowest BCUT2D eigenvalue weighted by Crippen LogP contribution is -2.12. The second kappa shape index (κ2) is 4.56. The molecule has 6 nitrogen and oxygen atoms in total. The molecule has 0 bridgehead atoms. The van der Waals surface area contributed by atoms with Crippen molar-refractivity contribution in [3.05, 3.63) is 17.7 Å². The van der Waals surface area contributed by atoms with Gasteiger partial charge in [-0.2, -0.15) is 0 Å². The van der Waals surface area contributed by atoms with Crippen LogP contribution in [0, 0.1) is 0 Å². The predicted octanol–water partition coefficient (Wildman–Crippen LogP) is 1.14. The number of carbonyl (C=O) groups is 1. The first kappa shape index (κ1) is 12.2. The van der Waals surface area contributed by atoms with Crippen LogP contribution in [0.2, 0.25) is 0 Å². The first-order chi connectivity index (χ1) is 8.60. The molecular formula is C12H16N4O2. The topological polar surface area (TPSA) is 96.2 Å². The molecule has 0 aliphatic carbocycles. The number of carbonyl (C=O) groups excluding carboxylic acids is 1. The lowest BCUT2D eigenvalue weighted by atomic mass is 10.1. The SMILES string of the molecule is CCCn1c(N)nc2c(OC)c(C(N)=O)ccc21. The van der Waals surface area contributed by atoms with Crippen LogP contribution in [-0.4, -0.2) is 22.6 Å². The summed E-state index contributed by atoms with van der Waals surface area (Å²) < 4.78 is 7.13. The van der Waals surface area contributed by atoms with E-state index in [0.717, 1.165) is 18.5 Å². The van der Waals surface area contributed by atoms with Crippen molar-refractivity contribution in [3.8, 4) is 5.75 Å². The van der Waals surface area contributed by atoms with Gasteiger partial charge in [0.1, 0.15) is 5.52 Å². The fraction of sp³-hybridized carbons (Fsp3) is 0.333. The van der Waals surface area contributed by atoms with E-state index < -0.39 is 5.91 Å². The molecule has 0 unspecified atom stereocenters. The molecule has 0 aliphatic rings. The molecule has 0 aliphatic heterocycles. The number of benzene rings is 1. The number of nitrogen functional groups attached to an aromatic ring is 1. The molecule has 1 aromatic carbocycles. The van der Waals surface area contributed by atoms with E-state index in [1.165, 1.54) is 7.11 Å². The van der Waals surface area contributed by atoms with Crippen molar-refractivity contribution >= 4 is 22.9 Å². The molecule has 6 heteroatoms. The first-order valence-electron chi connectivity index (χ1n) is 5.72. The summed E-state index contributed by atoms with van der Waals surface area (Å²) in [4.78, 5) is 15.6. The quantitative estimate of drug-likeness (QED) is 0.847. The third-order valence-electron chi connectivity index (χ3n) is 2.82. The van der Waals surface area contributed by atoms with E-state index in [0.29, 0.717) is 22.8 Å². The van der Waals surface area contributed by atoms with Crippen molar-refractivity contribution in [3.63, 3.8) is 0 Å². The van der Waals surface area contributed by atoms with Crippen LogP contribution < -0.4 is 16.2 Å². The van der Waals surface area contributed by atoms with Gasteiger partial charge in [0.2, 0.25) is 5.95 Å². The number of primary amides is 1. The highest BCUT2D eigenvalue weighted by atomic mass is 16.5. The lowest BCUT2D eigenvalue weighted by Gasteiger charge is -2.07. The largest absolute Gasteiger partial charge is 0.494 e. The molecule has 0 atom stereocenters. The molecule has 2 rings (SSSR count). The molecule has 1 heterocycles. The summed E-state index contributed by atoms with van der Waals surface area (Å²) in [5.74, 6) is 0.241. The van der Waals surface area contributed by atoms with E-state index in [2.05, 4.69) is 11.9 Å². The molecule has 4 N–H and O–H groups in total. The van der Waals surface area contributed by atoms with E-state index >= 15 is 0 Å². The van der Waals surface area contributed by atoms with Crippen LogP contribution in [0.5, 0.6) is 5.75 Å². The van der Waals surface area contributed by atoms with Gasteiger partial charge in [-0.15, -0.1) is 0 Å². The summed E-state index contributed by atoms with van der Waals surface area (Å²) >= 11 is 0. The maximum atomic E-state index is 11.3. The average Bonchev–Trinajstić information content (AvgIpc) is 2.65. The second-order valence-electron chi connectivity index (χ2n) is 4.00. The van der Waals surface area contributed by atoms with Gasteiger partial charge in [0, 0.05) is 6.54 Å². The molecule has 18 heavy (non-hydrogen) atoms. The Balaban J connectivity index is 2.75. The molecule has 0 radical (unpaired) electrons. The number of anilines is 1. The Morgan fingerprint density at radius 2 is 2.22 bits per heavy atom. The van der Waals surface area contributed by atoms with Crippen LogP contribution in [0.15, 0.2) is 12.1 Å². The number of fused-ring (bicyclic) bond motifs is 1. The fourth-order valence-electron chi connectivity index (χ4n) is 2.04. The molecule has 0 fully saturated rings. The monoisotopic (exact) mass is 248 g/mol. The number of aryl methyl sites for hydroxylation is 1. The van der Waals surface area contributed by atoms with Gasteiger partial charge in [-0.3, -0.25) is 4.79 Å². The van der Waals surface area contributed by atoms with Crippen molar-refractivity contribution in [1.29, 1.82) is 0 Å². The number of ether oxygens (including phenoxy) is 1. The summed E-state index contributed by atoms with van der Waals surface area (Å²) in [6.07, 6.45) is 0.940. The lowest BCUT2D eigenvalue weighted by molar-refractivity contribution is 0.0997. The minimum absolute atomic E-state index is 0.311. The second-order valence-corrected chi connectivity index (χ2v) is 4.00. The summed E-state index contributed by atoms with van der Waals surface area (Å²) in [5.41, 5.74) is 12.9. The van der Waals surface area contributed by atoms with Crippen LogP contribution in [0.3, 0.4) is 0 Å². The molecule has 0 saturated heterocycles. The minimum Gasteiger partial charge on any atom is -0.494 e. The van der Waals surface area contributed by atoms with Gasteiger partial charge in [0.05, 0.1) is 18.2 Å². The summed E-state index contributed by atoms with van der Waals surface area (Å²) in [6.45, 7) is 2.82.